The van der Waals surface area contributed by atoms with Crippen LogP contribution in [0, 0.1) is 0 Å². The Kier molecular flexibility index (Phi) is 11.1. The molecular formula is C28H39N3O4. The van der Waals surface area contributed by atoms with Gasteiger partial charge in [0.25, 0.3) is 5.91 Å². The maximum absolute atomic E-state index is 13.0. The van der Waals surface area contributed by atoms with Crippen LogP contribution < -0.4 is 16.0 Å². The topological polar surface area (TPSA) is 104 Å². The highest BCUT2D eigenvalue weighted by atomic mass is 16.2. The zero-order chi connectivity index (χ0) is 25.6. The van der Waals surface area contributed by atoms with Crippen LogP contribution in [-0.2, 0) is 20.8 Å². The first-order valence-electron chi connectivity index (χ1n) is 11.7. The molecule has 0 radical (unpaired) electrons. The van der Waals surface area contributed by atoms with Crippen molar-refractivity contribution in [3.05, 3.63) is 83.9 Å². The van der Waals surface area contributed by atoms with Crippen LogP contribution in [0.15, 0.2) is 72.8 Å². The number of carbonyl (C=O) groups excluding carboxylic acids is 4. The van der Waals surface area contributed by atoms with Crippen LogP contribution >= 0.6 is 0 Å². The second-order valence-electron chi connectivity index (χ2n) is 8.13. The lowest BCUT2D eigenvalue weighted by Gasteiger charge is -2.21. The van der Waals surface area contributed by atoms with Gasteiger partial charge in [-0.1, -0.05) is 80.9 Å². The molecule has 0 bridgehead atoms. The lowest BCUT2D eigenvalue weighted by molar-refractivity contribution is -0.129. The molecule has 35 heavy (non-hydrogen) atoms. The molecule has 0 spiro atoms. The van der Waals surface area contributed by atoms with E-state index in [9.17, 15) is 19.2 Å². The molecule has 190 valence electrons. The first kappa shape index (κ1) is 27.2. The van der Waals surface area contributed by atoms with Gasteiger partial charge in [-0.3, -0.25) is 14.4 Å². The summed E-state index contributed by atoms with van der Waals surface area (Å²) in [4.78, 5) is 48.2. The number of carbonyl (C=O) groups is 4. The van der Waals surface area contributed by atoms with E-state index < -0.39 is 23.9 Å². The van der Waals surface area contributed by atoms with E-state index in [1.807, 2.05) is 42.5 Å². The smallest absolute Gasteiger partial charge is 0.251 e. The van der Waals surface area contributed by atoms with E-state index >= 15 is 0 Å². The van der Waals surface area contributed by atoms with E-state index in [1.54, 1.807) is 30.3 Å². The van der Waals surface area contributed by atoms with Crippen LogP contribution in [0.4, 0.5) is 0 Å². The van der Waals surface area contributed by atoms with Crippen molar-refractivity contribution >= 4 is 34.8 Å². The second kappa shape index (κ2) is 14.3. The Hall–Kier alpha value is -4.00. The molecule has 0 saturated heterocycles. The van der Waals surface area contributed by atoms with Gasteiger partial charge < -0.3 is 20.7 Å². The fraction of sp³-hybridized carbons (Fsp3) is 0.286. The molecule has 3 aromatic carbocycles. The molecular weight excluding hydrogens is 442 g/mol. The Labute approximate surface area is 210 Å². The number of nitrogens with one attached hydrogen (secondary N) is 3. The molecule has 0 fully saturated rings. The fourth-order valence-corrected chi connectivity index (χ4v) is 3.32. The predicted octanol–water partition coefficient (Wildman–Crippen LogP) is 4.16. The summed E-state index contributed by atoms with van der Waals surface area (Å²) in [7, 11) is 0. The van der Waals surface area contributed by atoms with E-state index in [0.717, 1.165) is 16.3 Å². The van der Waals surface area contributed by atoms with E-state index in [0.29, 0.717) is 11.8 Å². The number of benzene rings is 3. The van der Waals surface area contributed by atoms with Crippen molar-refractivity contribution in [1.29, 1.82) is 0 Å². The first-order valence-corrected chi connectivity index (χ1v) is 11.7. The summed E-state index contributed by atoms with van der Waals surface area (Å²) in [6.07, 6.45) is 2.06. The summed E-state index contributed by atoms with van der Waals surface area (Å²) in [5.74, 6) is -1.36. The van der Waals surface area contributed by atoms with Crippen molar-refractivity contribution in [3.8, 4) is 0 Å². The average molecular weight is 482 g/mol. The molecule has 0 aliphatic carbocycles. The Bertz CT molecular complexity index is 1150. The van der Waals surface area contributed by atoms with Gasteiger partial charge in [0.15, 0.2) is 0 Å². The molecule has 7 heteroatoms. The highest BCUT2D eigenvalue weighted by molar-refractivity contribution is 5.98. The molecule has 3 rings (SSSR count). The SMILES string of the molecule is CCC.C[C@H](NC(=O)[C@@H](Cc1ccc2ccccc2c1)NC(=O)c1ccccc1)C(=O)NCC=O.[HH].[HH].[HH]. The zero-order valence-corrected chi connectivity index (χ0v) is 20.4. The molecule has 0 heterocycles. The third-order valence-corrected chi connectivity index (χ3v) is 5.02. The fourth-order valence-electron chi connectivity index (χ4n) is 3.32. The van der Waals surface area contributed by atoms with Gasteiger partial charge in [-0.05, 0) is 35.4 Å². The molecule has 0 saturated carbocycles. The van der Waals surface area contributed by atoms with E-state index in [2.05, 4.69) is 29.8 Å². The van der Waals surface area contributed by atoms with Gasteiger partial charge in [-0.25, -0.2) is 0 Å². The standard InChI is InChI=1S/C25H25N3O4.C3H8.3H2/c1-17(23(30)26-13-14-29)27-25(32)22(28-24(31)20-8-3-2-4-9-20)16-18-11-12-19-7-5-6-10-21(19)15-18;1-3-2;;;/h2-12,14-15,17,22H,13,16H2,1H3,(H,26,30)(H,27,32)(H,28,31);3H2,1-2H3;3*1H/t17-,22+;;;;/m0..../s1. The minimum atomic E-state index is -0.898. The number of hydrogen-bond acceptors (Lipinski definition) is 4. The summed E-state index contributed by atoms with van der Waals surface area (Å²) in [6.45, 7) is 5.63. The predicted molar refractivity (Wildman–Crippen MR) is 144 cm³/mol. The molecule has 3 amide bonds. The van der Waals surface area contributed by atoms with Gasteiger partial charge >= 0.3 is 0 Å². The molecule has 3 aromatic rings. The molecule has 3 N–H and O–H groups in total. The Morgan fingerprint density at radius 1 is 0.857 bits per heavy atom. The summed E-state index contributed by atoms with van der Waals surface area (Å²) in [5.41, 5.74) is 1.30. The van der Waals surface area contributed by atoms with Gasteiger partial charge in [0.1, 0.15) is 18.4 Å². The number of hydrogen-bond donors (Lipinski definition) is 3. The van der Waals surface area contributed by atoms with Crippen LogP contribution in [0.5, 0.6) is 0 Å². The van der Waals surface area contributed by atoms with E-state index in [1.165, 1.54) is 13.3 Å². The van der Waals surface area contributed by atoms with Crippen LogP contribution in [0.1, 0.15) is 47.4 Å². The van der Waals surface area contributed by atoms with E-state index in [-0.39, 0.29) is 23.2 Å². The Balaban J connectivity index is 0. The molecule has 0 aliphatic rings. The molecule has 2 atom stereocenters. The van der Waals surface area contributed by atoms with Gasteiger partial charge in [-0.15, -0.1) is 0 Å². The summed E-state index contributed by atoms with van der Waals surface area (Å²) >= 11 is 0. The lowest BCUT2D eigenvalue weighted by Crippen LogP contribution is -2.53. The number of fused-ring (bicyclic) bond motifs is 1. The quantitative estimate of drug-likeness (QED) is 0.399. The van der Waals surface area contributed by atoms with Crippen LogP contribution in [0.3, 0.4) is 0 Å². The molecule has 7 nitrogen and oxygen atoms in total. The summed E-state index contributed by atoms with van der Waals surface area (Å²) in [5, 5.41) is 9.91. The minimum absolute atomic E-state index is 0. The van der Waals surface area contributed by atoms with Crippen molar-refractivity contribution in [3.63, 3.8) is 0 Å². The highest BCUT2D eigenvalue weighted by Gasteiger charge is 2.25. The monoisotopic (exact) mass is 481 g/mol. The molecule has 0 unspecified atom stereocenters. The summed E-state index contributed by atoms with van der Waals surface area (Å²) < 4.78 is 0. The Morgan fingerprint density at radius 2 is 1.49 bits per heavy atom. The van der Waals surface area contributed by atoms with Crippen molar-refractivity contribution in [2.24, 2.45) is 0 Å². The highest BCUT2D eigenvalue weighted by Crippen LogP contribution is 2.17. The lowest BCUT2D eigenvalue weighted by atomic mass is 10.0. The van der Waals surface area contributed by atoms with Crippen molar-refractivity contribution < 1.29 is 23.5 Å². The zero-order valence-electron chi connectivity index (χ0n) is 20.4. The normalized spacial score (nSPS) is 11.9. The first-order chi connectivity index (χ1) is 16.9. The van der Waals surface area contributed by atoms with Crippen LogP contribution in [-0.4, -0.2) is 42.6 Å². The van der Waals surface area contributed by atoms with Crippen molar-refractivity contribution in [2.75, 3.05) is 6.54 Å². The molecule has 0 aromatic heterocycles. The second-order valence-corrected chi connectivity index (χ2v) is 8.13. The Morgan fingerprint density at radius 3 is 2.14 bits per heavy atom. The molecule has 0 aliphatic heterocycles. The maximum Gasteiger partial charge on any atom is 0.251 e. The summed E-state index contributed by atoms with van der Waals surface area (Å²) in [6, 6.07) is 20.6. The van der Waals surface area contributed by atoms with Gasteiger partial charge in [0.05, 0.1) is 6.54 Å². The average Bonchev–Trinajstić information content (AvgIpc) is 2.87. The minimum Gasteiger partial charge on any atom is -0.348 e. The maximum atomic E-state index is 13.0. The van der Waals surface area contributed by atoms with Crippen LogP contribution in [0.25, 0.3) is 10.8 Å². The van der Waals surface area contributed by atoms with Gasteiger partial charge in [-0.2, -0.15) is 0 Å². The van der Waals surface area contributed by atoms with E-state index in [4.69, 9.17) is 0 Å². The van der Waals surface area contributed by atoms with Crippen molar-refractivity contribution in [2.45, 2.75) is 45.7 Å². The number of amides is 3. The number of aldehydes is 1. The third-order valence-electron chi connectivity index (χ3n) is 5.02. The third kappa shape index (κ3) is 8.70. The number of rotatable bonds is 9. The van der Waals surface area contributed by atoms with Crippen molar-refractivity contribution in [1.82, 2.24) is 16.0 Å². The largest absolute Gasteiger partial charge is 0.348 e. The van der Waals surface area contributed by atoms with Crippen LogP contribution in [0.2, 0.25) is 0 Å². The van der Waals surface area contributed by atoms with Gasteiger partial charge in [0.2, 0.25) is 11.8 Å². The van der Waals surface area contributed by atoms with Gasteiger partial charge in [0, 0.05) is 16.3 Å².